The normalized spacial score (nSPS) is 22.9. The van der Waals surface area contributed by atoms with Gasteiger partial charge in [-0.1, -0.05) is 32.9 Å². The van der Waals surface area contributed by atoms with Gasteiger partial charge >= 0.3 is 5.97 Å². The summed E-state index contributed by atoms with van der Waals surface area (Å²) in [6.45, 7) is 6.61. The first-order valence-corrected chi connectivity index (χ1v) is 7.96. The Morgan fingerprint density at radius 2 is 1.95 bits per heavy atom. The first kappa shape index (κ1) is 15.4. The summed E-state index contributed by atoms with van der Waals surface area (Å²) in [5, 5.41) is 8.89. The summed E-state index contributed by atoms with van der Waals surface area (Å²) >= 11 is 1.73. The monoisotopic (exact) mass is 294 g/mol. The van der Waals surface area contributed by atoms with E-state index in [1.165, 1.54) is 10.5 Å². The van der Waals surface area contributed by atoms with E-state index in [0.717, 1.165) is 12.2 Å². The molecule has 0 saturated carbocycles. The average molecular weight is 294 g/mol. The van der Waals surface area contributed by atoms with Gasteiger partial charge in [0.05, 0.1) is 6.10 Å². The van der Waals surface area contributed by atoms with Crippen LogP contribution in [0.4, 0.5) is 0 Å². The summed E-state index contributed by atoms with van der Waals surface area (Å²) in [6.07, 6.45) is 0.917. The van der Waals surface area contributed by atoms with Crippen LogP contribution in [0.3, 0.4) is 0 Å². The standard InChI is InChI=1S/C16H22O3S/c1-16(2,3)11-4-7-13(8-5-11)20-10-12-6-9-14(19-12)15(17)18/h4-5,7-8,12,14H,6,9-10H2,1-3H3,(H,17,18). The molecule has 3 nitrogen and oxygen atoms in total. The predicted octanol–water partition coefficient (Wildman–Crippen LogP) is 3.71. The quantitative estimate of drug-likeness (QED) is 0.860. The molecule has 2 unspecified atom stereocenters. The van der Waals surface area contributed by atoms with Crippen LogP contribution in [0.2, 0.25) is 0 Å². The molecule has 1 heterocycles. The Hall–Kier alpha value is -1.00. The van der Waals surface area contributed by atoms with Crippen molar-refractivity contribution < 1.29 is 14.6 Å². The number of aliphatic carboxylic acids is 1. The molecule has 0 spiro atoms. The molecule has 2 atom stereocenters. The van der Waals surface area contributed by atoms with Gasteiger partial charge in [0.25, 0.3) is 0 Å². The van der Waals surface area contributed by atoms with Crippen molar-refractivity contribution in [3.8, 4) is 0 Å². The third-order valence-corrected chi connectivity index (χ3v) is 4.68. The minimum Gasteiger partial charge on any atom is -0.479 e. The first-order chi connectivity index (χ1) is 9.36. The smallest absolute Gasteiger partial charge is 0.332 e. The molecule has 20 heavy (non-hydrogen) atoms. The molecule has 1 saturated heterocycles. The van der Waals surface area contributed by atoms with Gasteiger partial charge < -0.3 is 9.84 Å². The van der Waals surface area contributed by atoms with Crippen molar-refractivity contribution in [2.75, 3.05) is 5.75 Å². The third kappa shape index (κ3) is 4.00. The van der Waals surface area contributed by atoms with Crippen LogP contribution < -0.4 is 0 Å². The van der Waals surface area contributed by atoms with Crippen LogP contribution in [0.15, 0.2) is 29.2 Å². The molecule has 1 aromatic carbocycles. The third-order valence-electron chi connectivity index (χ3n) is 3.54. The van der Waals surface area contributed by atoms with Gasteiger partial charge in [-0.15, -0.1) is 11.8 Å². The molecule has 0 amide bonds. The lowest BCUT2D eigenvalue weighted by molar-refractivity contribution is -0.148. The number of carboxylic acid groups (broad SMARTS) is 1. The highest BCUT2D eigenvalue weighted by molar-refractivity contribution is 7.99. The van der Waals surface area contributed by atoms with E-state index in [9.17, 15) is 4.79 Å². The molecule has 0 radical (unpaired) electrons. The molecule has 1 fully saturated rings. The van der Waals surface area contributed by atoms with Crippen LogP contribution in [0.25, 0.3) is 0 Å². The second kappa shape index (κ2) is 6.19. The molecule has 2 rings (SSSR count). The van der Waals surface area contributed by atoms with Crippen molar-refractivity contribution in [2.45, 2.75) is 56.1 Å². The number of hydrogen-bond acceptors (Lipinski definition) is 3. The van der Waals surface area contributed by atoms with E-state index in [-0.39, 0.29) is 11.5 Å². The van der Waals surface area contributed by atoms with E-state index in [1.807, 2.05) is 0 Å². The van der Waals surface area contributed by atoms with Crippen LogP contribution in [-0.4, -0.2) is 29.0 Å². The summed E-state index contributed by atoms with van der Waals surface area (Å²) < 4.78 is 5.50. The summed E-state index contributed by atoms with van der Waals surface area (Å²) in [4.78, 5) is 12.0. The molecule has 0 bridgehead atoms. The first-order valence-electron chi connectivity index (χ1n) is 6.98. The second-order valence-electron chi connectivity index (χ2n) is 6.25. The van der Waals surface area contributed by atoms with E-state index in [4.69, 9.17) is 9.84 Å². The van der Waals surface area contributed by atoms with Crippen LogP contribution in [0, 0.1) is 0 Å². The Bertz CT molecular complexity index is 462. The van der Waals surface area contributed by atoms with Gasteiger partial charge in [0.1, 0.15) is 0 Å². The number of hydrogen-bond donors (Lipinski definition) is 1. The van der Waals surface area contributed by atoms with Crippen molar-refractivity contribution in [1.29, 1.82) is 0 Å². The highest BCUT2D eigenvalue weighted by atomic mass is 32.2. The zero-order valence-electron chi connectivity index (χ0n) is 12.3. The van der Waals surface area contributed by atoms with Gasteiger partial charge in [-0.25, -0.2) is 4.79 Å². The number of benzene rings is 1. The lowest BCUT2D eigenvalue weighted by Gasteiger charge is -2.19. The van der Waals surface area contributed by atoms with Crippen LogP contribution in [0.1, 0.15) is 39.2 Å². The largest absolute Gasteiger partial charge is 0.479 e. The van der Waals surface area contributed by atoms with Crippen molar-refractivity contribution in [3.05, 3.63) is 29.8 Å². The van der Waals surface area contributed by atoms with Gasteiger partial charge in [-0.2, -0.15) is 0 Å². The summed E-state index contributed by atoms with van der Waals surface area (Å²) in [7, 11) is 0. The highest BCUT2D eigenvalue weighted by Gasteiger charge is 2.30. The molecular weight excluding hydrogens is 272 g/mol. The van der Waals surface area contributed by atoms with E-state index >= 15 is 0 Å². The van der Waals surface area contributed by atoms with Crippen molar-refractivity contribution in [2.24, 2.45) is 0 Å². The molecule has 1 aliphatic heterocycles. The van der Waals surface area contributed by atoms with Crippen molar-refractivity contribution >= 4 is 17.7 Å². The zero-order chi connectivity index (χ0) is 14.8. The molecular formula is C16H22O3S. The summed E-state index contributed by atoms with van der Waals surface area (Å²) in [6, 6.07) is 8.60. The predicted molar refractivity (Wildman–Crippen MR) is 81.4 cm³/mol. The van der Waals surface area contributed by atoms with E-state index in [1.54, 1.807) is 11.8 Å². The Balaban J connectivity index is 1.85. The highest BCUT2D eigenvalue weighted by Crippen LogP contribution is 2.29. The number of carbonyl (C=O) groups is 1. The molecule has 1 N–H and O–H groups in total. The van der Waals surface area contributed by atoms with E-state index in [0.29, 0.717) is 6.42 Å². The second-order valence-corrected chi connectivity index (χ2v) is 7.34. The number of thioether (sulfide) groups is 1. The van der Waals surface area contributed by atoms with Gasteiger partial charge in [0.15, 0.2) is 6.10 Å². The lowest BCUT2D eigenvalue weighted by atomic mass is 9.87. The van der Waals surface area contributed by atoms with Crippen molar-refractivity contribution in [3.63, 3.8) is 0 Å². The van der Waals surface area contributed by atoms with E-state index < -0.39 is 12.1 Å². The summed E-state index contributed by atoms with van der Waals surface area (Å²) in [5.74, 6) is -0.0226. The number of ether oxygens (including phenoxy) is 1. The zero-order valence-corrected chi connectivity index (χ0v) is 13.1. The minimum atomic E-state index is -0.841. The van der Waals surface area contributed by atoms with Gasteiger partial charge in [0.2, 0.25) is 0 Å². The fourth-order valence-corrected chi connectivity index (χ4v) is 3.20. The average Bonchev–Trinajstić information content (AvgIpc) is 2.85. The Kier molecular flexibility index (Phi) is 4.76. The maximum Gasteiger partial charge on any atom is 0.332 e. The number of carboxylic acids is 1. The maximum absolute atomic E-state index is 10.8. The van der Waals surface area contributed by atoms with Crippen LogP contribution in [0.5, 0.6) is 0 Å². The molecule has 4 heteroatoms. The van der Waals surface area contributed by atoms with Crippen LogP contribution >= 0.6 is 11.8 Å². The Morgan fingerprint density at radius 1 is 1.30 bits per heavy atom. The molecule has 1 aliphatic rings. The molecule has 1 aromatic rings. The Morgan fingerprint density at radius 3 is 2.45 bits per heavy atom. The van der Waals surface area contributed by atoms with Crippen LogP contribution in [-0.2, 0) is 14.9 Å². The van der Waals surface area contributed by atoms with Crippen molar-refractivity contribution in [1.82, 2.24) is 0 Å². The SMILES string of the molecule is CC(C)(C)c1ccc(SCC2CCC(C(=O)O)O2)cc1. The van der Waals surface area contributed by atoms with Gasteiger partial charge in [-0.05, 0) is 36.0 Å². The summed E-state index contributed by atoms with van der Waals surface area (Å²) in [5.41, 5.74) is 1.50. The molecule has 0 aliphatic carbocycles. The Labute approximate surface area is 124 Å². The maximum atomic E-state index is 10.8. The number of rotatable bonds is 4. The molecule has 0 aromatic heterocycles. The molecule has 110 valence electrons. The fourth-order valence-electron chi connectivity index (χ4n) is 2.25. The fraction of sp³-hybridized carbons (Fsp3) is 0.562. The topological polar surface area (TPSA) is 46.5 Å². The van der Waals surface area contributed by atoms with E-state index in [2.05, 4.69) is 45.0 Å². The minimum absolute atomic E-state index is 0.0587. The lowest BCUT2D eigenvalue weighted by Crippen LogP contribution is -2.21. The van der Waals surface area contributed by atoms with Gasteiger partial charge in [0, 0.05) is 10.6 Å². The van der Waals surface area contributed by atoms with Gasteiger partial charge in [-0.3, -0.25) is 0 Å².